The van der Waals surface area contributed by atoms with E-state index in [-0.39, 0.29) is 12.5 Å². The summed E-state index contributed by atoms with van der Waals surface area (Å²) in [6.45, 7) is 2.58. The molecule has 1 aromatic rings. The lowest BCUT2D eigenvalue weighted by atomic mass is 10.1. The first-order chi connectivity index (χ1) is 8.37. The summed E-state index contributed by atoms with van der Waals surface area (Å²) in [5, 5.41) is 3.22. The lowest BCUT2D eigenvalue weighted by molar-refractivity contribution is -0.135. The van der Waals surface area contributed by atoms with Crippen LogP contribution in [0.1, 0.15) is 31.7 Å². The maximum atomic E-state index is 12.0. The summed E-state index contributed by atoms with van der Waals surface area (Å²) < 4.78 is 36.9. The van der Waals surface area contributed by atoms with Crippen LogP contribution in [0.4, 0.5) is 13.2 Å². The average Bonchev–Trinajstić information content (AvgIpc) is 2.25. The van der Waals surface area contributed by atoms with Gasteiger partial charge in [0, 0.05) is 23.5 Å². The van der Waals surface area contributed by atoms with Crippen LogP contribution in [-0.4, -0.2) is 12.2 Å². The van der Waals surface area contributed by atoms with Crippen molar-refractivity contribution in [2.24, 2.45) is 0 Å². The van der Waals surface area contributed by atoms with Gasteiger partial charge in [-0.2, -0.15) is 13.2 Å². The monoisotopic (exact) mass is 323 g/mol. The van der Waals surface area contributed by atoms with Gasteiger partial charge in [-0.15, -0.1) is 0 Å². The third-order valence-corrected chi connectivity index (χ3v) is 3.13. The molecule has 0 aliphatic carbocycles. The zero-order valence-corrected chi connectivity index (χ0v) is 11.8. The summed E-state index contributed by atoms with van der Waals surface area (Å²) in [4.78, 5) is 0. The van der Waals surface area contributed by atoms with E-state index in [9.17, 15) is 13.2 Å². The van der Waals surface area contributed by atoms with Crippen LogP contribution < -0.4 is 5.32 Å². The van der Waals surface area contributed by atoms with Crippen molar-refractivity contribution in [3.05, 3.63) is 34.3 Å². The van der Waals surface area contributed by atoms with E-state index in [2.05, 4.69) is 21.2 Å². The van der Waals surface area contributed by atoms with Crippen molar-refractivity contribution < 1.29 is 13.2 Å². The van der Waals surface area contributed by atoms with Crippen molar-refractivity contribution in [1.82, 2.24) is 5.32 Å². The van der Waals surface area contributed by atoms with Crippen molar-refractivity contribution in [1.29, 1.82) is 0 Å². The molecule has 1 aromatic carbocycles. The molecule has 0 saturated heterocycles. The van der Waals surface area contributed by atoms with Gasteiger partial charge in [-0.05, 0) is 37.5 Å². The van der Waals surface area contributed by atoms with E-state index in [0.29, 0.717) is 13.0 Å². The van der Waals surface area contributed by atoms with Gasteiger partial charge >= 0.3 is 6.18 Å². The number of rotatable bonds is 6. The summed E-state index contributed by atoms with van der Waals surface area (Å²) in [5.41, 5.74) is 1.12. The topological polar surface area (TPSA) is 12.0 Å². The van der Waals surface area contributed by atoms with E-state index >= 15 is 0 Å². The Morgan fingerprint density at radius 1 is 1.33 bits per heavy atom. The van der Waals surface area contributed by atoms with Crippen molar-refractivity contribution >= 4 is 15.9 Å². The zero-order valence-electron chi connectivity index (χ0n) is 10.2. The molecule has 1 unspecified atom stereocenters. The van der Waals surface area contributed by atoms with Gasteiger partial charge in [0.2, 0.25) is 0 Å². The fourth-order valence-corrected chi connectivity index (χ4v) is 2.10. The smallest absolute Gasteiger partial charge is 0.310 e. The van der Waals surface area contributed by atoms with Gasteiger partial charge in [0.05, 0.1) is 0 Å². The quantitative estimate of drug-likeness (QED) is 0.802. The zero-order chi connectivity index (χ0) is 13.6. The SMILES string of the molecule is CC(CCCC(F)(F)F)NCc1cccc(Br)c1. The van der Waals surface area contributed by atoms with Gasteiger partial charge in [-0.1, -0.05) is 28.1 Å². The fourth-order valence-electron chi connectivity index (χ4n) is 1.65. The second kappa shape index (κ2) is 7.14. The molecule has 0 amide bonds. The lowest BCUT2D eigenvalue weighted by Crippen LogP contribution is -2.25. The van der Waals surface area contributed by atoms with Gasteiger partial charge in [0.25, 0.3) is 0 Å². The van der Waals surface area contributed by atoms with Crippen LogP contribution in [0.5, 0.6) is 0 Å². The summed E-state index contributed by atoms with van der Waals surface area (Å²) >= 11 is 3.38. The molecule has 1 atom stereocenters. The first kappa shape index (κ1) is 15.5. The highest BCUT2D eigenvalue weighted by Gasteiger charge is 2.26. The van der Waals surface area contributed by atoms with Crippen molar-refractivity contribution in [2.45, 2.75) is 44.9 Å². The molecule has 0 fully saturated rings. The molecule has 0 bridgehead atoms. The number of halogens is 4. The van der Waals surface area contributed by atoms with E-state index < -0.39 is 12.6 Å². The van der Waals surface area contributed by atoms with Crippen LogP contribution in [0.15, 0.2) is 28.7 Å². The third-order valence-electron chi connectivity index (χ3n) is 2.64. The number of alkyl halides is 3. The number of hydrogen-bond acceptors (Lipinski definition) is 1. The van der Waals surface area contributed by atoms with Crippen molar-refractivity contribution in [3.63, 3.8) is 0 Å². The molecule has 18 heavy (non-hydrogen) atoms. The largest absolute Gasteiger partial charge is 0.389 e. The van der Waals surface area contributed by atoms with Crippen LogP contribution in [-0.2, 0) is 6.54 Å². The molecule has 102 valence electrons. The van der Waals surface area contributed by atoms with E-state index in [1.807, 2.05) is 31.2 Å². The molecule has 0 heterocycles. The highest BCUT2D eigenvalue weighted by molar-refractivity contribution is 9.10. The Kier molecular flexibility index (Phi) is 6.15. The maximum absolute atomic E-state index is 12.0. The highest BCUT2D eigenvalue weighted by Crippen LogP contribution is 2.22. The van der Waals surface area contributed by atoms with Crippen LogP contribution in [0.25, 0.3) is 0 Å². The summed E-state index contributed by atoms with van der Waals surface area (Å²) in [6, 6.07) is 7.95. The molecule has 0 radical (unpaired) electrons. The first-order valence-electron chi connectivity index (χ1n) is 5.91. The number of benzene rings is 1. The predicted molar refractivity (Wildman–Crippen MR) is 70.3 cm³/mol. The van der Waals surface area contributed by atoms with Gasteiger partial charge in [-0.3, -0.25) is 0 Å². The van der Waals surface area contributed by atoms with Gasteiger partial charge in [0.15, 0.2) is 0 Å². The lowest BCUT2D eigenvalue weighted by Gasteiger charge is -2.14. The molecule has 1 N–H and O–H groups in total. The van der Waals surface area contributed by atoms with Crippen LogP contribution in [0.3, 0.4) is 0 Å². The summed E-state index contributed by atoms with van der Waals surface area (Å²) in [5.74, 6) is 0. The predicted octanol–water partition coefficient (Wildman–Crippen LogP) is 4.66. The minimum Gasteiger partial charge on any atom is -0.310 e. The van der Waals surface area contributed by atoms with Crippen LogP contribution in [0.2, 0.25) is 0 Å². The Bertz CT molecular complexity index is 365. The maximum Gasteiger partial charge on any atom is 0.389 e. The molecule has 0 spiro atoms. The van der Waals surface area contributed by atoms with Gasteiger partial charge < -0.3 is 5.32 Å². The minimum absolute atomic E-state index is 0.0892. The van der Waals surface area contributed by atoms with E-state index in [4.69, 9.17) is 0 Å². The van der Waals surface area contributed by atoms with E-state index in [1.165, 1.54) is 0 Å². The number of nitrogens with one attached hydrogen (secondary N) is 1. The molecule has 0 aliphatic heterocycles. The Morgan fingerprint density at radius 3 is 2.67 bits per heavy atom. The second-order valence-corrected chi connectivity index (χ2v) is 5.33. The molecule has 0 aromatic heterocycles. The summed E-state index contributed by atoms with van der Waals surface area (Å²) in [6.07, 6.45) is -4.02. The van der Waals surface area contributed by atoms with Crippen molar-refractivity contribution in [2.75, 3.05) is 0 Å². The third kappa shape index (κ3) is 7.01. The average molecular weight is 324 g/mol. The molecule has 0 aliphatic rings. The molecule has 1 nitrogen and oxygen atoms in total. The molecule has 5 heteroatoms. The standard InChI is InChI=1S/C13H17BrF3N/c1-10(4-3-7-13(15,16)17)18-9-11-5-2-6-12(14)8-11/h2,5-6,8,10,18H,3-4,7,9H2,1H3. The van der Waals surface area contributed by atoms with E-state index in [1.54, 1.807) is 0 Å². The molecular formula is C13H17BrF3N. The summed E-state index contributed by atoms with van der Waals surface area (Å²) in [7, 11) is 0. The van der Waals surface area contributed by atoms with Gasteiger partial charge in [0.1, 0.15) is 0 Å². The van der Waals surface area contributed by atoms with Gasteiger partial charge in [-0.25, -0.2) is 0 Å². The Hall–Kier alpha value is -0.550. The molecule has 0 saturated carbocycles. The minimum atomic E-state index is -4.04. The first-order valence-corrected chi connectivity index (χ1v) is 6.71. The normalized spacial score (nSPS) is 13.6. The molecule has 1 rings (SSSR count). The van der Waals surface area contributed by atoms with Crippen LogP contribution >= 0.6 is 15.9 Å². The number of hydrogen-bond donors (Lipinski definition) is 1. The highest BCUT2D eigenvalue weighted by atomic mass is 79.9. The fraction of sp³-hybridized carbons (Fsp3) is 0.538. The Labute approximate surface area is 114 Å². The Balaban J connectivity index is 2.23. The molecular weight excluding hydrogens is 307 g/mol. The Morgan fingerprint density at radius 2 is 2.06 bits per heavy atom. The van der Waals surface area contributed by atoms with E-state index in [0.717, 1.165) is 10.0 Å². The second-order valence-electron chi connectivity index (χ2n) is 4.42. The van der Waals surface area contributed by atoms with Crippen molar-refractivity contribution in [3.8, 4) is 0 Å². The van der Waals surface area contributed by atoms with Crippen LogP contribution in [0, 0.1) is 0 Å².